The third-order valence-corrected chi connectivity index (χ3v) is 3.19. The van der Waals surface area contributed by atoms with Crippen molar-refractivity contribution in [2.45, 2.75) is 0 Å². The van der Waals surface area contributed by atoms with Gasteiger partial charge in [-0.25, -0.2) is 0 Å². The third-order valence-electron chi connectivity index (χ3n) is 2.62. The molecule has 0 aliphatic rings. The molecule has 4 nitrogen and oxygen atoms in total. The van der Waals surface area contributed by atoms with Crippen LogP contribution in [0, 0.1) is 0 Å². The van der Waals surface area contributed by atoms with Crippen molar-refractivity contribution in [1.82, 2.24) is 0 Å². The van der Waals surface area contributed by atoms with Crippen LogP contribution in [0.2, 0.25) is 10.0 Å². The second-order valence-corrected chi connectivity index (χ2v) is 4.81. The summed E-state index contributed by atoms with van der Waals surface area (Å²) in [4.78, 5) is 12.1. The Bertz CT molecular complexity index is 659. The lowest BCUT2D eigenvalue weighted by molar-refractivity contribution is 0.102. The molecule has 2 aromatic rings. The predicted molar refractivity (Wildman–Crippen MR) is 79.1 cm³/mol. The van der Waals surface area contributed by atoms with E-state index in [0.717, 1.165) is 0 Å². The van der Waals surface area contributed by atoms with Gasteiger partial charge in [0.1, 0.15) is 11.5 Å². The highest BCUT2D eigenvalue weighted by Gasteiger charge is 2.14. The van der Waals surface area contributed by atoms with Crippen LogP contribution in [0.15, 0.2) is 36.4 Å². The molecular formula is C14H11Cl2NO3. The minimum Gasteiger partial charge on any atom is -0.507 e. The van der Waals surface area contributed by atoms with Crippen LogP contribution in [0.4, 0.5) is 5.69 Å². The molecule has 0 aromatic heterocycles. The zero-order chi connectivity index (χ0) is 14.7. The standard InChI is InChI=1S/C14H11Cl2NO3/c1-20-9-3-4-11(16)12(7-9)17-14(19)10-6-8(15)2-5-13(10)18/h2-7,18H,1H3,(H,17,19). The van der Waals surface area contributed by atoms with Crippen molar-refractivity contribution >= 4 is 34.8 Å². The molecule has 2 N–H and O–H groups in total. The van der Waals surface area contributed by atoms with Gasteiger partial charge in [0.15, 0.2) is 0 Å². The van der Waals surface area contributed by atoms with E-state index in [2.05, 4.69) is 5.32 Å². The fourth-order valence-corrected chi connectivity index (χ4v) is 1.94. The number of anilines is 1. The lowest BCUT2D eigenvalue weighted by Gasteiger charge is -2.10. The first-order chi connectivity index (χ1) is 9.51. The van der Waals surface area contributed by atoms with E-state index >= 15 is 0 Å². The number of halogens is 2. The summed E-state index contributed by atoms with van der Waals surface area (Å²) in [6.45, 7) is 0. The van der Waals surface area contributed by atoms with Gasteiger partial charge in [-0.15, -0.1) is 0 Å². The summed E-state index contributed by atoms with van der Waals surface area (Å²) >= 11 is 11.8. The molecule has 0 saturated carbocycles. The van der Waals surface area contributed by atoms with Crippen LogP contribution in [0.25, 0.3) is 0 Å². The summed E-state index contributed by atoms with van der Waals surface area (Å²) in [5, 5.41) is 13.0. The molecule has 104 valence electrons. The number of nitrogens with one attached hydrogen (secondary N) is 1. The Kier molecular flexibility index (Phi) is 4.37. The monoisotopic (exact) mass is 311 g/mol. The van der Waals surface area contributed by atoms with Crippen LogP contribution in [-0.2, 0) is 0 Å². The normalized spacial score (nSPS) is 10.2. The Morgan fingerprint density at radius 1 is 1.20 bits per heavy atom. The fraction of sp³-hybridized carbons (Fsp3) is 0.0714. The van der Waals surface area contributed by atoms with Crippen molar-refractivity contribution in [2.24, 2.45) is 0 Å². The molecule has 0 aliphatic heterocycles. The van der Waals surface area contributed by atoms with E-state index in [1.807, 2.05) is 0 Å². The van der Waals surface area contributed by atoms with Gasteiger partial charge in [0.25, 0.3) is 5.91 Å². The van der Waals surface area contributed by atoms with E-state index in [9.17, 15) is 9.90 Å². The molecule has 0 saturated heterocycles. The first-order valence-corrected chi connectivity index (χ1v) is 6.40. The largest absolute Gasteiger partial charge is 0.507 e. The van der Waals surface area contributed by atoms with Gasteiger partial charge < -0.3 is 15.2 Å². The van der Waals surface area contributed by atoms with Crippen molar-refractivity contribution in [3.63, 3.8) is 0 Å². The van der Waals surface area contributed by atoms with Gasteiger partial charge in [0, 0.05) is 11.1 Å². The Hall–Kier alpha value is -1.91. The first kappa shape index (κ1) is 14.5. The minimum atomic E-state index is -0.514. The van der Waals surface area contributed by atoms with Gasteiger partial charge in [0.2, 0.25) is 0 Å². The SMILES string of the molecule is COc1ccc(Cl)c(NC(=O)c2cc(Cl)ccc2O)c1. The van der Waals surface area contributed by atoms with Crippen LogP contribution < -0.4 is 10.1 Å². The molecule has 0 unspecified atom stereocenters. The van der Waals surface area contributed by atoms with E-state index in [1.54, 1.807) is 18.2 Å². The van der Waals surface area contributed by atoms with E-state index in [0.29, 0.717) is 21.5 Å². The number of phenols is 1. The molecule has 0 atom stereocenters. The summed E-state index contributed by atoms with van der Waals surface area (Å²) in [7, 11) is 1.51. The molecule has 0 radical (unpaired) electrons. The van der Waals surface area contributed by atoms with Crippen molar-refractivity contribution in [3.05, 3.63) is 52.0 Å². The van der Waals surface area contributed by atoms with Crippen LogP contribution in [-0.4, -0.2) is 18.1 Å². The van der Waals surface area contributed by atoms with Crippen molar-refractivity contribution in [3.8, 4) is 11.5 Å². The zero-order valence-corrected chi connectivity index (χ0v) is 12.0. The highest BCUT2D eigenvalue weighted by molar-refractivity contribution is 6.34. The minimum absolute atomic E-state index is 0.0661. The molecule has 6 heteroatoms. The zero-order valence-electron chi connectivity index (χ0n) is 10.5. The van der Waals surface area contributed by atoms with E-state index < -0.39 is 5.91 Å². The summed E-state index contributed by atoms with van der Waals surface area (Å²) in [6, 6.07) is 9.08. The fourth-order valence-electron chi connectivity index (χ4n) is 1.61. The number of carbonyl (C=O) groups is 1. The number of hydrogen-bond donors (Lipinski definition) is 2. The second-order valence-electron chi connectivity index (χ2n) is 3.96. The number of amides is 1. The van der Waals surface area contributed by atoms with Crippen molar-refractivity contribution in [1.29, 1.82) is 0 Å². The molecular weight excluding hydrogens is 301 g/mol. The first-order valence-electron chi connectivity index (χ1n) is 5.64. The van der Waals surface area contributed by atoms with Crippen molar-refractivity contribution < 1.29 is 14.6 Å². The molecule has 2 aromatic carbocycles. The summed E-state index contributed by atoms with van der Waals surface area (Å²) in [5.74, 6) is -0.119. The van der Waals surface area contributed by atoms with Gasteiger partial charge in [-0.1, -0.05) is 23.2 Å². The third kappa shape index (κ3) is 3.15. The number of rotatable bonds is 3. The van der Waals surface area contributed by atoms with Crippen LogP contribution >= 0.6 is 23.2 Å². The average molecular weight is 312 g/mol. The Morgan fingerprint density at radius 2 is 1.95 bits per heavy atom. The molecule has 2 rings (SSSR count). The number of phenolic OH excluding ortho intramolecular Hbond substituents is 1. The van der Waals surface area contributed by atoms with Gasteiger partial charge >= 0.3 is 0 Å². The number of ether oxygens (including phenoxy) is 1. The van der Waals surface area contributed by atoms with E-state index in [1.165, 1.54) is 25.3 Å². The Balaban J connectivity index is 2.30. The molecule has 1 amide bonds. The average Bonchev–Trinajstić information content (AvgIpc) is 2.43. The summed E-state index contributed by atoms with van der Waals surface area (Å²) in [6.07, 6.45) is 0. The van der Waals surface area contributed by atoms with Crippen LogP contribution in [0.3, 0.4) is 0 Å². The molecule has 0 spiro atoms. The quantitative estimate of drug-likeness (QED) is 0.902. The highest BCUT2D eigenvalue weighted by atomic mass is 35.5. The number of benzene rings is 2. The smallest absolute Gasteiger partial charge is 0.259 e. The maximum atomic E-state index is 12.1. The molecule has 0 heterocycles. The maximum absolute atomic E-state index is 12.1. The maximum Gasteiger partial charge on any atom is 0.259 e. The Morgan fingerprint density at radius 3 is 2.65 bits per heavy atom. The van der Waals surface area contributed by atoms with Gasteiger partial charge in [-0.2, -0.15) is 0 Å². The number of hydrogen-bond acceptors (Lipinski definition) is 3. The summed E-state index contributed by atoms with van der Waals surface area (Å²) in [5.41, 5.74) is 0.451. The molecule has 0 aliphatic carbocycles. The topological polar surface area (TPSA) is 58.6 Å². The lowest BCUT2D eigenvalue weighted by atomic mass is 10.2. The van der Waals surface area contributed by atoms with Gasteiger partial charge in [0.05, 0.1) is 23.4 Å². The van der Waals surface area contributed by atoms with Gasteiger partial charge in [-0.3, -0.25) is 4.79 Å². The van der Waals surface area contributed by atoms with Gasteiger partial charge in [-0.05, 0) is 30.3 Å². The molecule has 0 fully saturated rings. The number of carbonyl (C=O) groups excluding carboxylic acids is 1. The number of aromatic hydroxyl groups is 1. The van der Waals surface area contributed by atoms with E-state index in [4.69, 9.17) is 27.9 Å². The van der Waals surface area contributed by atoms with Crippen LogP contribution in [0.1, 0.15) is 10.4 Å². The summed E-state index contributed by atoms with van der Waals surface area (Å²) < 4.78 is 5.06. The highest BCUT2D eigenvalue weighted by Crippen LogP contribution is 2.28. The number of methoxy groups -OCH3 is 1. The van der Waals surface area contributed by atoms with Crippen LogP contribution in [0.5, 0.6) is 11.5 Å². The lowest BCUT2D eigenvalue weighted by Crippen LogP contribution is -2.12. The second kappa shape index (κ2) is 6.03. The Labute approximate surface area is 125 Å². The van der Waals surface area contributed by atoms with E-state index in [-0.39, 0.29) is 11.3 Å². The van der Waals surface area contributed by atoms with Crippen molar-refractivity contribution in [2.75, 3.05) is 12.4 Å². The predicted octanol–water partition coefficient (Wildman–Crippen LogP) is 3.96. The molecule has 0 bridgehead atoms. The molecule has 20 heavy (non-hydrogen) atoms.